The summed E-state index contributed by atoms with van der Waals surface area (Å²) in [6, 6.07) is 5.78. The second kappa shape index (κ2) is 6.41. The number of thiophene rings is 2. The molecule has 0 aromatic carbocycles. The van der Waals surface area contributed by atoms with E-state index in [0.29, 0.717) is 13.1 Å². The lowest BCUT2D eigenvalue weighted by molar-refractivity contribution is 0.207. The van der Waals surface area contributed by atoms with E-state index >= 15 is 0 Å². The summed E-state index contributed by atoms with van der Waals surface area (Å²) in [5.74, 6) is 0. The fraction of sp³-hybridized carbons (Fsp3) is 0.308. The summed E-state index contributed by atoms with van der Waals surface area (Å²) in [6.07, 6.45) is 0. The molecule has 0 aliphatic rings. The Hall–Kier alpha value is -1.04. The highest BCUT2D eigenvalue weighted by Gasteiger charge is 2.10. The Labute approximate surface area is 125 Å². The molecule has 0 aliphatic heterocycles. The molecule has 2 rings (SSSR count). The topological polar surface area (TPSA) is 32.3 Å². The minimum Gasteiger partial charge on any atom is -0.333 e. The van der Waals surface area contributed by atoms with E-state index in [1.807, 2.05) is 17.5 Å². The Bertz CT molecular complexity index is 564. The van der Waals surface area contributed by atoms with Gasteiger partial charge in [-0.05, 0) is 36.1 Å². The Morgan fingerprint density at radius 3 is 2.79 bits per heavy atom. The third-order valence-electron chi connectivity index (χ3n) is 2.74. The van der Waals surface area contributed by atoms with Crippen LogP contribution in [0.15, 0.2) is 23.6 Å². The summed E-state index contributed by atoms with van der Waals surface area (Å²) in [7, 11) is 1.78. The van der Waals surface area contributed by atoms with E-state index in [9.17, 15) is 4.79 Å². The first-order chi connectivity index (χ1) is 9.06. The van der Waals surface area contributed by atoms with Crippen LogP contribution in [-0.2, 0) is 13.1 Å². The zero-order valence-corrected chi connectivity index (χ0v) is 13.2. The lowest BCUT2D eigenvalue weighted by atomic mass is 10.3. The fourth-order valence-electron chi connectivity index (χ4n) is 1.62. The van der Waals surface area contributed by atoms with E-state index in [-0.39, 0.29) is 6.03 Å². The average Bonchev–Trinajstić information content (AvgIpc) is 2.95. The molecule has 0 aliphatic carbocycles. The number of hydrogen-bond donors (Lipinski definition) is 1. The summed E-state index contributed by atoms with van der Waals surface area (Å²) in [6.45, 7) is 3.21. The lowest BCUT2D eigenvalue weighted by Gasteiger charge is -2.17. The molecule has 3 nitrogen and oxygen atoms in total. The Balaban J connectivity index is 1.84. The van der Waals surface area contributed by atoms with E-state index in [4.69, 9.17) is 11.6 Å². The molecule has 19 heavy (non-hydrogen) atoms. The zero-order chi connectivity index (χ0) is 13.8. The first-order valence-corrected chi connectivity index (χ1v) is 7.90. The molecule has 2 amide bonds. The van der Waals surface area contributed by atoms with E-state index in [0.717, 1.165) is 9.21 Å². The SMILES string of the molecule is Cc1ccsc1CNC(=O)N(C)Cc1ccc(Cl)s1. The number of aryl methyl sites for hydroxylation is 1. The highest BCUT2D eigenvalue weighted by atomic mass is 35.5. The summed E-state index contributed by atoms with van der Waals surface area (Å²) < 4.78 is 0.748. The Morgan fingerprint density at radius 2 is 2.21 bits per heavy atom. The molecule has 1 N–H and O–H groups in total. The number of halogens is 1. The molecule has 0 radical (unpaired) electrons. The van der Waals surface area contributed by atoms with Gasteiger partial charge < -0.3 is 10.2 Å². The molecular weight excluding hydrogens is 300 g/mol. The summed E-state index contributed by atoms with van der Waals surface area (Å²) in [5, 5.41) is 4.96. The first-order valence-electron chi connectivity index (χ1n) is 5.82. The molecule has 2 aromatic heterocycles. The van der Waals surface area contributed by atoms with Crippen LogP contribution in [0.25, 0.3) is 0 Å². The molecule has 0 spiro atoms. The normalized spacial score (nSPS) is 10.5. The number of carbonyl (C=O) groups excluding carboxylic acids is 1. The van der Waals surface area contributed by atoms with Gasteiger partial charge in [-0.1, -0.05) is 11.6 Å². The van der Waals surface area contributed by atoms with Crippen LogP contribution < -0.4 is 5.32 Å². The predicted molar refractivity (Wildman–Crippen MR) is 82.1 cm³/mol. The molecule has 0 atom stereocenters. The second-order valence-corrected chi connectivity index (χ2v) is 7.05. The maximum Gasteiger partial charge on any atom is 0.317 e. The molecule has 2 aromatic rings. The van der Waals surface area contributed by atoms with Crippen LogP contribution in [0.3, 0.4) is 0 Å². The zero-order valence-electron chi connectivity index (χ0n) is 10.8. The van der Waals surface area contributed by atoms with Gasteiger partial charge in [-0.25, -0.2) is 4.79 Å². The number of urea groups is 1. The predicted octanol–water partition coefficient (Wildman–Crippen LogP) is 4.11. The van der Waals surface area contributed by atoms with Gasteiger partial charge in [0.15, 0.2) is 0 Å². The second-order valence-electron chi connectivity index (χ2n) is 4.25. The van der Waals surface area contributed by atoms with Crippen molar-refractivity contribution in [1.29, 1.82) is 0 Å². The highest BCUT2D eigenvalue weighted by Crippen LogP contribution is 2.22. The number of nitrogens with one attached hydrogen (secondary N) is 1. The van der Waals surface area contributed by atoms with Crippen LogP contribution in [0.4, 0.5) is 4.79 Å². The van der Waals surface area contributed by atoms with Crippen LogP contribution >= 0.6 is 34.3 Å². The number of amides is 2. The Kier molecular flexibility index (Phi) is 4.85. The largest absolute Gasteiger partial charge is 0.333 e. The van der Waals surface area contributed by atoms with Crippen molar-refractivity contribution in [1.82, 2.24) is 10.2 Å². The quantitative estimate of drug-likeness (QED) is 0.905. The van der Waals surface area contributed by atoms with Gasteiger partial charge in [-0.15, -0.1) is 22.7 Å². The molecule has 6 heteroatoms. The minimum absolute atomic E-state index is 0.0719. The van der Waals surface area contributed by atoms with Gasteiger partial charge in [-0.3, -0.25) is 0 Å². The van der Waals surface area contributed by atoms with Crippen molar-refractivity contribution in [2.75, 3.05) is 7.05 Å². The third kappa shape index (κ3) is 3.96. The van der Waals surface area contributed by atoms with Crippen LogP contribution in [0.5, 0.6) is 0 Å². The summed E-state index contributed by atoms with van der Waals surface area (Å²) in [5.41, 5.74) is 1.22. The molecule has 0 fully saturated rings. The number of carbonyl (C=O) groups is 1. The minimum atomic E-state index is -0.0719. The Morgan fingerprint density at radius 1 is 1.42 bits per heavy atom. The van der Waals surface area contributed by atoms with E-state index in [1.165, 1.54) is 21.8 Å². The van der Waals surface area contributed by atoms with E-state index in [2.05, 4.69) is 18.3 Å². The number of hydrogen-bond acceptors (Lipinski definition) is 3. The van der Waals surface area contributed by atoms with Gasteiger partial charge in [0.05, 0.1) is 17.4 Å². The van der Waals surface area contributed by atoms with E-state index < -0.39 is 0 Å². The van der Waals surface area contributed by atoms with Crippen LogP contribution in [0.1, 0.15) is 15.3 Å². The van der Waals surface area contributed by atoms with Crippen molar-refractivity contribution < 1.29 is 4.79 Å². The van der Waals surface area contributed by atoms with Crippen molar-refractivity contribution in [2.24, 2.45) is 0 Å². The molecular formula is C13H15ClN2OS2. The van der Waals surface area contributed by atoms with Gasteiger partial charge in [-0.2, -0.15) is 0 Å². The van der Waals surface area contributed by atoms with Crippen molar-refractivity contribution in [2.45, 2.75) is 20.0 Å². The lowest BCUT2D eigenvalue weighted by Crippen LogP contribution is -2.36. The maximum absolute atomic E-state index is 12.0. The number of rotatable bonds is 4. The van der Waals surface area contributed by atoms with Crippen molar-refractivity contribution in [3.8, 4) is 0 Å². The van der Waals surface area contributed by atoms with Crippen LogP contribution in [0.2, 0.25) is 4.34 Å². The summed E-state index contributed by atoms with van der Waals surface area (Å²) >= 11 is 9.03. The molecule has 0 unspecified atom stereocenters. The van der Waals surface area contributed by atoms with Gasteiger partial charge in [0, 0.05) is 16.8 Å². The highest BCUT2D eigenvalue weighted by molar-refractivity contribution is 7.16. The summed E-state index contributed by atoms with van der Waals surface area (Å²) in [4.78, 5) is 15.9. The third-order valence-corrected chi connectivity index (χ3v) is 4.98. The molecule has 0 saturated heterocycles. The molecule has 102 valence electrons. The smallest absolute Gasteiger partial charge is 0.317 e. The van der Waals surface area contributed by atoms with E-state index in [1.54, 1.807) is 23.3 Å². The van der Waals surface area contributed by atoms with Gasteiger partial charge in [0.2, 0.25) is 0 Å². The fourth-order valence-corrected chi connectivity index (χ4v) is 3.61. The van der Waals surface area contributed by atoms with Crippen molar-refractivity contribution in [3.63, 3.8) is 0 Å². The van der Waals surface area contributed by atoms with Gasteiger partial charge in [0.1, 0.15) is 0 Å². The molecule has 0 bridgehead atoms. The first kappa shape index (κ1) is 14.4. The molecule has 0 saturated carbocycles. The van der Waals surface area contributed by atoms with Crippen molar-refractivity contribution >= 4 is 40.3 Å². The average molecular weight is 315 g/mol. The van der Waals surface area contributed by atoms with Crippen molar-refractivity contribution in [3.05, 3.63) is 43.2 Å². The van der Waals surface area contributed by atoms with Crippen LogP contribution in [0, 0.1) is 6.92 Å². The molecule has 2 heterocycles. The monoisotopic (exact) mass is 314 g/mol. The maximum atomic E-state index is 12.0. The standard InChI is InChI=1S/C13H15ClN2OS2/c1-9-5-6-18-11(9)7-15-13(17)16(2)8-10-3-4-12(14)19-10/h3-6H,7-8H2,1-2H3,(H,15,17). The van der Waals surface area contributed by atoms with Gasteiger partial charge >= 0.3 is 6.03 Å². The van der Waals surface area contributed by atoms with Gasteiger partial charge in [0.25, 0.3) is 0 Å². The number of nitrogens with zero attached hydrogens (tertiary/aromatic N) is 1. The van der Waals surface area contributed by atoms with Crippen LogP contribution in [-0.4, -0.2) is 18.0 Å².